The maximum absolute atomic E-state index is 13.0. The molecule has 0 atom stereocenters. The second-order valence-corrected chi connectivity index (χ2v) is 9.12. The quantitative estimate of drug-likeness (QED) is 0.264. The van der Waals surface area contributed by atoms with Crippen molar-refractivity contribution in [1.82, 2.24) is 14.6 Å². The van der Waals surface area contributed by atoms with E-state index in [2.05, 4.69) is 10.1 Å². The molecule has 0 bridgehead atoms. The van der Waals surface area contributed by atoms with Crippen molar-refractivity contribution in [2.45, 2.75) is 19.5 Å². The summed E-state index contributed by atoms with van der Waals surface area (Å²) in [5.41, 5.74) is 0.107. The zero-order valence-electron chi connectivity index (χ0n) is 19.5. The van der Waals surface area contributed by atoms with Crippen LogP contribution in [0.1, 0.15) is 36.1 Å². The van der Waals surface area contributed by atoms with Crippen LogP contribution in [0.5, 0.6) is 5.75 Å². The number of thiazole rings is 1. The van der Waals surface area contributed by atoms with Crippen molar-refractivity contribution in [2.75, 3.05) is 6.61 Å². The first-order valence-corrected chi connectivity index (χ1v) is 12.2. The van der Waals surface area contributed by atoms with Gasteiger partial charge in [0.2, 0.25) is 4.96 Å². The summed E-state index contributed by atoms with van der Waals surface area (Å²) in [6.07, 6.45) is 1.58. The molecule has 0 radical (unpaired) electrons. The number of nitrogens with zero attached hydrogens (tertiary/aromatic N) is 3. The highest BCUT2D eigenvalue weighted by molar-refractivity contribution is 7.15. The van der Waals surface area contributed by atoms with Crippen LogP contribution < -0.4 is 14.8 Å². The molecule has 0 aliphatic carbocycles. The summed E-state index contributed by atoms with van der Waals surface area (Å²) in [7, 11) is 0. The first-order valence-electron chi connectivity index (χ1n) is 11.4. The van der Waals surface area contributed by atoms with Gasteiger partial charge in [0.1, 0.15) is 21.8 Å². The van der Waals surface area contributed by atoms with Crippen LogP contribution in [0.25, 0.3) is 34.5 Å². The number of alkyl halides is 3. The van der Waals surface area contributed by atoms with E-state index in [0.29, 0.717) is 33.2 Å². The summed E-state index contributed by atoms with van der Waals surface area (Å²) in [6.45, 7) is 2.71. The van der Waals surface area contributed by atoms with E-state index in [4.69, 9.17) is 9.15 Å². The van der Waals surface area contributed by atoms with Crippen LogP contribution in [0.15, 0.2) is 69.9 Å². The zero-order valence-corrected chi connectivity index (χ0v) is 20.3. The van der Waals surface area contributed by atoms with Gasteiger partial charge in [0.05, 0.1) is 12.2 Å². The minimum atomic E-state index is -4.45. The third-order valence-corrected chi connectivity index (χ3v) is 6.31. The Hall–Kier alpha value is -4.18. The number of rotatable bonds is 7. The smallest absolute Gasteiger partial charge is 0.416 e. The summed E-state index contributed by atoms with van der Waals surface area (Å²) in [4.78, 5) is 17.6. The average Bonchev–Trinajstić information content (AvgIpc) is 3.59. The SMILES string of the molecule is CCCOc1ccc(/C=C/c2nc3s/c(=C\c4ccc(-c5cccc(C(F)(F)F)c5)o4)c(=O)n3n2)cc1. The minimum Gasteiger partial charge on any atom is -0.494 e. The maximum atomic E-state index is 13.0. The molecule has 0 amide bonds. The predicted octanol–water partition coefficient (Wildman–Crippen LogP) is 5.94. The first kappa shape index (κ1) is 24.5. The molecule has 0 saturated carbocycles. The van der Waals surface area contributed by atoms with Gasteiger partial charge in [-0.2, -0.15) is 22.7 Å². The Morgan fingerprint density at radius 2 is 1.89 bits per heavy atom. The van der Waals surface area contributed by atoms with Gasteiger partial charge in [-0.3, -0.25) is 4.79 Å². The summed E-state index contributed by atoms with van der Waals surface area (Å²) < 4.78 is 51.9. The molecule has 188 valence electrons. The van der Waals surface area contributed by atoms with E-state index in [1.54, 1.807) is 18.2 Å². The van der Waals surface area contributed by atoms with Gasteiger partial charge >= 0.3 is 6.18 Å². The summed E-state index contributed by atoms with van der Waals surface area (Å²) >= 11 is 1.14. The van der Waals surface area contributed by atoms with E-state index < -0.39 is 11.7 Å². The number of benzene rings is 2. The molecule has 3 heterocycles. The Bertz CT molecular complexity index is 1680. The number of halogens is 3. The summed E-state index contributed by atoms with van der Waals surface area (Å²) in [5, 5.41) is 4.27. The molecule has 2 aromatic carbocycles. The number of aromatic nitrogens is 3. The maximum Gasteiger partial charge on any atom is 0.416 e. The Balaban J connectivity index is 1.35. The second kappa shape index (κ2) is 10.1. The second-order valence-electron chi connectivity index (χ2n) is 8.11. The van der Waals surface area contributed by atoms with Crippen molar-refractivity contribution >= 4 is 34.5 Å². The molecule has 0 fully saturated rings. The first-order chi connectivity index (χ1) is 17.8. The lowest BCUT2D eigenvalue weighted by molar-refractivity contribution is -0.137. The lowest BCUT2D eigenvalue weighted by atomic mass is 10.1. The number of hydrogen-bond donors (Lipinski definition) is 0. The van der Waals surface area contributed by atoms with Gasteiger partial charge in [-0.15, -0.1) is 5.10 Å². The molecule has 0 aliphatic rings. The lowest BCUT2D eigenvalue weighted by Gasteiger charge is -2.07. The molecular weight excluding hydrogens is 503 g/mol. The lowest BCUT2D eigenvalue weighted by Crippen LogP contribution is -2.23. The van der Waals surface area contributed by atoms with Crippen LogP contribution in [0.4, 0.5) is 13.2 Å². The fraction of sp³-hybridized carbons (Fsp3) is 0.148. The molecule has 5 aromatic rings. The van der Waals surface area contributed by atoms with E-state index in [9.17, 15) is 18.0 Å². The Labute approximate surface area is 213 Å². The van der Waals surface area contributed by atoms with Crippen molar-refractivity contribution in [3.05, 3.63) is 98.3 Å². The van der Waals surface area contributed by atoms with Crippen LogP contribution in [0.2, 0.25) is 0 Å². The summed E-state index contributed by atoms with van der Waals surface area (Å²) in [5.74, 6) is 1.80. The van der Waals surface area contributed by atoms with Crippen molar-refractivity contribution < 1.29 is 22.3 Å². The highest BCUT2D eigenvalue weighted by Gasteiger charge is 2.30. The van der Waals surface area contributed by atoms with E-state index in [-0.39, 0.29) is 11.3 Å². The molecule has 0 N–H and O–H groups in total. The third-order valence-electron chi connectivity index (χ3n) is 5.35. The van der Waals surface area contributed by atoms with Gasteiger partial charge < -0.3 is 9.15 Å². The monoisotopic (exact) mass is 523 g/mol. The highest BCUT2D eigenvalue weighted by Crippen LogP contribution is 2.32. The van der Waals surface area contributed by atoms with Gasteiger partial charge in [-0.1, -0.05) is 48.6 Å². The topological polar surface area (TPSA) is 69.6 Å². The van der Waals surface area contributed by atoms with Crippen LogP contribution in [-0.2, 0) is 6.18 Å². The molecule has 3 aromatic heterocycles. The predicted molar refractivity (Wildman–Crippen MR) is 136 cm³/mol. The molecule has 6 nitrogen and oxygen atoms in total. The Kier molecular flexibility index (Phi) is 6.66. The van der Waals surface area contributed by atoms with Crippen molar-refractivity contribution in [2.24, 2.45) is 0 Å². The fourth-order valence-electron chi connectivity index (χ4n) is 3.55. The molecule has 0 unspecified atom stereocenters. The molecule has 0 spiro atoms. The van der Waals surface area contributed by atoms with E-state index in [1.807, 2.05) is 37.3 Å². The van der Waals surface area contributed by atoms with Crippen molar-refractivity contribution in [3.63, 3.8) is 0 Å². The van der Waals surface area contributed by atoms with Crippen LogP contribution in [-0.4, -0.2) is 21.2 Å². The molecule has 0 saturated heterocycles. The van der Waals surface area contributed by atoms with Crippen LogP contribution >= 0.6 is 11.3 Å². The number of hydrogen-bond acceptors (Lipinski definition) is 6. The average molecular weight is 524 g/mol. The molecule has 0 aliphatic heterocycles. The fourth-order valence-corrected chi connectivity index (χ4v) is 4.44. The van der Waals surface area contributed by atoms with E-state index >= 15 is 0 Å². The number of ether oxygens (including phenoxy) is 1. The van der Waals surface area contributed by atoms with Crippen molar-refractivity contribution in [3.8, 4) is 17.1 Å². The number of fused-ring (bicyclic) bond motifs is 1. The largest absolute Gasteiger partial charge is 0.494 e. The normalized spacial score (nSPS) is 12.7. The van der Waals surface area contributed by atoms with E-state index in [1.165, 1.54) is 22.7 Å². The Morgan fingerprint density at radius 1 is 1.08 bits per heavy atom. The molecular formula is C27H20F3N3O3S. The Morgan fingerprint density at radius 3 is 2.62 bits per heavy atom. The van der Waals surface area contributed by atoms with Gasteiger partial charge in [0.25, 0.3) is 5.56 Å². The molecule has 37 heavy (non-hydrogen) atoms. The summed E-state index contributed by atoms with van der Waals surface area (Å²) in [6, 6.07) is 15.7. The molecule has 5 rings (SSSR count). The van der Waals surface area contributed by atoms with Gasteiger partial charge in [-0.05, 0) is 54.5 Å². The van der Waals surface area contributed by atoms with Gasteiger partial charge in [-0.25, -0.2) is 0 Å². The van der Waals surface area contributed by atoms with Crippen LogP contribution in [0.3, 0.4) is 0 Å². The van der Waals surface area contributed by atoms with Crippen molar-refractivity contribution in [1.29, 1.82) is 0 Å². The standard InChI is InChI=1S/C27H20F3N3O3S/c1-2-14-35-20-9-6-17(7-10-20)8-13-24-31-26-33(32-24)25(34)23(37-26)16-21-11-12-22(36-21)18-4-3-5-19(15-18)27(28,29)30/h3-13,15-16H,2,14H2,1H3/b13-8+,23-16-. The number of furan rings is 1. The highest BCUT2D eigenvalue weighted by atomic mass is 32.1. The zero-order chi connectivity index (χ0) is 26.0. The van der Waals surface area contributed by atoms with Crippen LogP contribution in [0, 0.1) is 0 Å². The minimum absolute atomic E-state index is 0.265. The van der Waals surface area contributed by atoms with Gasteiger partial charge in [0.15, 0.2) is 5.82 Å². The van der Waals surface area contributed by atoms with E-state index in [0.717, 1.165) is 41.2 Å². The molecule has 10 heteroatoms. The van der Waals surface area contributed by atoms with Gasteiger partial charge in [0, 0.05) is 11.6 Å². The third kappa shape index (κ3) is 5.49.